The molecule has 0 fully saturated rings. The molecule has 1 heterocycles. The van der Waals surface area contributed by atoms with Gasteiger partial charge in [-0.25, -0.2) is 4.68 Å². The quantitative estimate of drug-likeness (QED) is 0.709. The molecule has 0 saturated heterocycles. The molecule has 0 radical (unpaired) electrons. The summed E-state index contributed by atoms with van der Waals surface area (Å²) in [5, 5.41) is 11.3. The van der Waals surface area contributed by atoms with E-state index in [0.717, 1.165) is 33.7 Å². The average molecular weight is 378 g/mol. The monoisotopic (exact) mass is 378 g/mol. The molecule has 1 amide bonds. The molecule has 6 heteroatoms. The van der Waals surface area contributed by atoms with Gasteiger partial charge in [0, 0.05) is 0 Å². The summed E-state index contributed by atoms with van der Waals surface area (Å²) in [6, 6.07) is 13.8. The van der Waals surface area contributed by atoms with Gasteiger partial charge in [-0.15, -0.1) is 5.10 Å². The van der Waals surface area contributed by atoms with E-state index >= 15 is 0 Å². The second-order valence-electron chi connectivity index (χ2n) is 7.04. The van der Waals surface area contributed by atoms with Crippen LogP contribution in [0.3, 0.4) is 0 Å². The van der Waals surface area contributed by atoms with Crippen molar-refractivity contribution >= 4 is 5.91 Å². The van der Waals surface area contributed by atoms with Crippen molar-refractivity contribution in [3.63, 3.8) is 0 Å². The predicted molar refractivity (Wildman–Crippen MR) is 109 cm³/mol. The van der Waals surface area contributed by atoms with Crippen LogP contribution in [-0.4, -0.2) is 28.0 Å². The Bertz CT molecular complexity index is 956. The molecule has 1 aromatic heterocycles. The first-order valence-electron chi connectivity index (χ1n) is 9.30. The summed E-state index contributed by atoms with van der Waals surface area (Å²) < 4.78 is 7.07. The van der Waals surface area contributed by atoms with Crippen LogP contribution in [0.4, 0.5) is 0 Å². The summed E-state index contributed by atoms with van der Waals surface area (Å²) in [4.78, 5) is 12.8. The van der Waals surface area contributed by atoms with Crippen LogP contribution in [-0.2, 0) is 6.54 Å². The van der Waals surface area contributed by atoms with Crippen LogP contribution in [0.5, 0.6) is 5.75 Å². The number of ether oxygens (including phenoxy) is 1. The number of nitrogens with one attached hydrogen (secondary N) is 1. The maximum absolute atomic E-state index is 12.8. The first kappa shape index (κ1) is 19.6. The van der Waals surface area contributed by atoms with Crippen LogP contribution in [0.1, 0.15) is 51.4 Å². The van der Waals surface area contributed by atoms with Crippen LogP contribution >= 0.6 is 0 Å². The minimum absolute atomic E-state index is 0.155. The zero-order valence-corrected chi connectivity index (χ0v) is 17.0. The van der Waals surface area contributed by atoms with Crippen molar-refractivity contribution in [2.45, 2.75) is 40.3 Å². The van der Waals surface area contributed by atoms with Crippen LogP contribution < -0.4 is 10.1 Å². The normalized spacial score (nSPS) is 11.9. The van der Waals surface area contributed by atoms with E-state index in [1.54, 1.807) is 11.8 Å². The van der Waals surface area contributed by atoms with Gasteiger partial charge in [0.2, 0.25) is 0 Å². The molecule has 1 N–H and O–H groups in total. The van der Waals surface area contributed by atoms with Crippen molar-refractivity contribution in [2.75, 3.05) is 7.11 Å². The molecule has 0 bridgehead atoms. The molecule has 2 aromatic carbocycles. The van der Waals surface area contributed by atoms with Crippen molar-refractivity contribution in [2.24, 2.45) is 0 Å². The number of hydrogen-bond acceptors (Lipinski definition) is 4. The van der Waals surface area contributed by atoms with E-state index < -0.39 is 0 Å². The Hall–Kier alpha value is -3.15. The van der Waals surface area contributed by atoms with E-state index in [2.05, 4.69) is 15.6 Å². The molecular weight excluding hydrogens is 352 g/mol. The maximum Gasteiger partial charge on any atom is 0.274 e. The number of methoxy groups -OCH3 is 1. The van der Waals surface area contributed by atoms with E-state index in [9.17, 15) is 4.79 Å². The number of nitrogens with zero attached hydrogens (tertiary/aromatic N) is 3. The number of rotatable bonds is 6. The Labute approximate surface area is 165 Å². The average Bonchev–Trinajstić information content (AvgIpc) is 3.02. The SMILES string of the molecule is COc1cc(C)c(C(C)NC(=O)c2nnn(Cc3ccccc3)c2C)c(C)c1. The van der Waals surface area contributed by atoms with Gasteiger partial charge in [0.1, 0.15) is 5.75 Å². The maximum atomic E-state index is 12.8. The van der Waals surface area contributed by atoms with Gasteiger partial charge in [-0.3, -0.25) is 4.79 Å². The van der Waals surface area contributed by atoms with Crippen molar-refractivity contribution in [1.29, 1.82) is 0 Å². The lowest BCUT2D eigenvalue weighted by atomic mass is 9.96. The van der Waals surface area contributed by atoms with Crippen molar-refractivity contribution in [3.05, 3.63) is 76.1 Å². The Morgan fingerprint density at radius 1 is 1.14 bits per heavy atom. The van der Waals surface area contributed by atoms with Crippen molar-refractivity contribution in [1.82, 2.24) is 20.3 Å². The minimum Gasteiger partial charge on any atom is -0.497 e. The number of aryl methyl sites for hydroxylation is 2. The molecule has 0 saturated carbocycles. The second-order valence-corrected chi connectivity index (χ2v) is 7.04. The van der Waals surface area contributed by atoms with Crippen LogP contribution in [0, 0.1) is 20.8 Å². The van der Waals surface area contributed by atoms with E-state index in [4.69, 9.17) is 4.74 Å². The van der Waals surface area contributed by atoms with Gasteiger partial charge in [-0.2, -0.15) is 0 Å². The summed E-state index contributed by atoms with van der Waals surface area (Å²) in [5.74, 6) is 0.593. The number of aromatic nitrogens is 3. The topological polar surface area (TPSA) is 69.0 Å². The molecule has 0 aliphatic heterocycles. The third kappa shape index (κ3) is 4.06. The Morgan fingerprint density at radius 3 is 2.39 bits per heavy atom. The van der Waals surface area contributed by atoms with Crippen molar-refractivity contribution in [3.8, 4) is 5.75 Å². The molecule has 0 spiro atoms. The fourth-order valence-electron chi connectivity index (χ4n) is 3.55. The summed E-state index contributed by atoms with van der Waals surface area (Å²) in [6.45, 7) is 8.47. The van der Waals surface area contributed by atoms with Gasteiger partial charge in [0.05, 0.1) is 25.4 Å². The fraction of sp³-hybridized carbons (Fsp3) is 0.318. The fourth-order valence-corrected chi connectivity index (χ4v) is 3.55. The van der Waals surface area contributed by atoms with E-state index in [-0.39, 0.29) is 11.9 Å². The molecule has 0 aliphatic carbocycles. The van der Waals surface area contributed by atoms with Crippen LogP contribution in [0.25, 0.3) is 0 Å². The summed E-state index contributed by atoms with van der Waals surface area (Å²) in [7, 11) is 1.65. The van der Waals surface area contributed by atoms with E-state index in [1.807, 2.05) is 70.2 Å². The van der Waals surface area contributed by atoms with Gasteiger partial charge in [0.25, 0.3) is 5.91 Å². The van der Waals surface area contributed by atoms with Gasteiger partial charge >= 0.3 is 0 Å². The second kappa shape index (κ2) is 8.25. The number of amides is 1. The lowest BCUT2D eigenvalue weighted by molar-refractivity contribution is 0.0934. The number of hydrogen-bond donors (Lipinski definition) is 1. The molecule has 28 heavy (non-hydrogen) atoms. The summed E-state index contributed by atoms with van der Waals surface area (Å²) in [6.07, 6.45) is 0. The van der Waals surface area contributed by atoms with E-state index in [0.29, 0.717) is 12.2 Å². The van der Waals surface area contributed by atoms with Gasteiger partial charge in [-0.1, -0.05) is 35.5 Å². The number of carbonyl (C=O) groups is 1. The third-order valence-corrected chi connectivity index (χ3v) is 4.96. The van der Waals surface area contributed by atoms with Gasteiger partial charge in [0.15, 0.2) is 5.69 Å². The molecule has 1 unspecified atom stereocenters. The van der Waals surface area contributed by atoms with Gasteiger partial charge in [-0.05, 0) is 62.1 Å². The van der Waals surface area contributed by atoms with Crippen LogP contribution in [0.15, 0.2) is 42.5 Å². The first-order chi connectivity index (χ1) is 13.4. The Kier molecular flexibility index (Phi) is 5.78. The van der Waals surface area contributed by atoms with Crippen molar-refractivity contribution < 1.29 is 9.53 Å². The summed E-state index contributed by atoms with van der Waals surface area (Å²) >= 11 is 0. The summed E-state index contributed by atoms with van der Waals surface area (Å²) in [5.41, 5.74) is 5.45. The number of benzene rings is 2. The zero-order valence-electron chi connectivity index (χ0n) is 17.0. The lowest BCUT2D eigenvalue weighted by Crippen LogP contribution is -2.28. The largest absolute Gasteiger partial charge is 0.497 e. The lowest BCUT2D eigenvalue weighted by Gasteiger charge is -2.19. The molecule has 3 aromatic rings. The highest BCUT2D eigenvalue weighted by atomic mass is 16.5. The molecule has 1 atom stereocenters. The van der Waals surface area contributed by atoms with E-state index in [1.165, 1.54) is 0 Å². The molecule has 6 nitrogen and oxygen atoms in total. The predicted octanol–water partition coefficient (Wildman–Crippen LogP) is 3.75. The minimum atomic E-state index is -0.223. The highest BCUT2D eigenvalue weighted by Gasteiger charge is 2.21. The highest BCUT2D eigenvalue weighted by Crippen LogP contribution is 2.27. The molecule has 3 rings (SSSR count). The Morgan fingerprint density at radius 2 is 1.79 bits per heavy atom. The standard InChI is InChI=1S/C22H26N4O2/c1-14-11-19(28-5)12-15(2)20(14)16(3)23-22(27)21-17(4)26(25-24-21)13-18-9-7-6-8-10-18/h6-12,16H,13H2,1-5H3,(H,23,27). The molecular formula is C22H26N4O2. The third-order valence-electron chi connectivity index (χ3n) is 4.96. The van der Waals surface area contributed by atoms with Crippen LogP contribution in [0.2, 0.25) is 0 Å². The highest BCUT2D eigenvalue weighted by molar-refractivity contribution is 5.93. The Balaban J connectivity index is 1.77. The van der Waals surface area contributed by atoms with Gasteiger partial charge < -0.3 is 10.1 Å². The number of carbonyl (C=O) groups excluding carboxylic acids is 1. The first-order valence-corrected chi connectivity index (χ1v) is 9.30. The zero-order chi connectivity index (χ0) is 20.3. The molecule has 146 valence electrons. The smallest absolute Gasteiger partial charge is 0.274 e. The molecule has 0 aliphatic rings.